The van der Waals surface area contributed by atoms with E-state index in [0.29, 0.717) is 5.75 Å². The van der Waals surface area contributed by atoms with Crippen LogP contribution in [0.2, 0.25) is 0 Å². The van der Waals surface area contributed by atoms with Crippen molar-refractivity contribution >= 4 is 11.8 Å². The molecule has 0 radical (unpaired) electrons. The number of aliphatic hydroxyl groups is 1. The lowest BCUT2D eigenvalue weighted by atomic mass is 10.2. The fraction of sp³-hybridized carbons (Fsp3) is 0.294. The van der Waals surface area contributed by atoms with E-state index in [1.165, 1.54) is 0 Å². The summed E-state index contributed by atoms with van der Waals surface area (Å²) in [6.07, 6.45) is -0.527. The SMILES string of the molecule is COc1ccccc1SCC(O)COc1cccc(C)c1. The molecule has 0 bridgehead atoms. The van der Waals surface area contributed by atoms with Gasteiger partial charge in [0.15, 0.2) is 0 Å². The third kappa shape index (κ3) is 4.99. The van der Waals surface area contributed by atoms with Crippen molar-refractivity contribution in [2.75, 3.05) is 19.5 Å². The van der Waals surface area contributed by atoms with Gasteiger partial charge in [-0.25, -0.2) is 0 Å². The number of rotatable bonds is 7. The zero-order chi connectivity index (χ0) is 15.1. The summed E-state index contributed by atoms with van der Waals surface area (Å²) >= 11 is 1.56. The molecule has 2 rings (SSSR count). The molecule has 0 aromatic heterocycles. The maximum atomic E-state index is 10.0. The number of hydrogen-bond donors (Lipinski definition) is 1. The maximum Gasteiger partial charge on any atom is 0.132 e. The van der Waals surface area contributed by atoms with E-state index in [9.17, 15) is 5.11 Å². The van der Waals surface area contributed by atoms with E-state index in [2.05, 4.69) is 0 Å². The van der Waals surface area contributed by atoms with Crippen LogP contribution in [0.25, 0.3) is 0 Å². The monoisotopic (exact) mass is 304 g/mol. The van der Waals surface area contributed by atoms with Crippen LogP contribution in [-0.2, 0) is 0 Å². The quantitative estimate of drug-likeness (QED) is 0.794. The van der Waals surface area contributed by atoms with Crippen LogP contribution in [0, 0.1) is 6.92 Å². The molecule has 2 aromatic rings. The van der Waals surface area contributed by atoms with Crippen LogP contribution in [0.4, 0.5) is 0 Å². The topological polar surface area (TPSA) is 38.7 Å². The molecule has 112 valence electrons. The van der Waals surface area contributed by atoms with Gasteiger partial charge in [0.2, 0.25) is 0 Å². The Morgan fingerprint density at radius 3 is 2.71 bits per heavy atom. The van der Waals surface area contributed by atoms with E-state index in [1.54, 1.807) is 18.9 Å². The summed E-state index contributed by atoms with van der Waals surface area (Å²) in [4.78, 5) is 1.02. The normalized spacial score (nSPS) is 12.0. The minimum Gasteiger partial charge on any atom is -0.496 e. The Balaban J connectivity index is 1.81. The third-order valence-electron chi connectivity index (χ3n) is 2.93. The number of para-hydroxylation sites is 1. The molecule has 2 aromatic carbocycles. The molecule has 4 heteroatoms. The molecule has 0 aliphatic carbocycles. The molecule has 0 spiro atoms. The number of ether oxygens (including phenoxy) is 2. The van der Waals surface area contributed by atoms with E-state index in [-0.39, 0.29) is 6.61 Å². The van der Waals surface area contributed by atoms with E-state index in [4.69, 9.17) is 9.47 Å². The Morgan fingerprint density at radius 2 is 1.95 bits per heavy atom. The zero-order valence-electron chi connectivity index (χ0n) is 12.3. The van der Waals surface area contributed by atoms with E-state index in [1.807, 2.05) is 55.5 Å². The van der Waals surface area contributed by atoms with Crippen LogP contribution in [0.1, 0.15) is 5.56 Å². The average molecular weight is 304 g/mol. The summed E-state index contributed by atoms with van der Waals surface area (Å²) < 4.78 is 10.9. The van der Waals surface area contributed by atoms with E-state index < -0.39 is 6.10 Å². The second-order valence-electron chi connectivity index (χ2n) is 4.74. The van der Waals surface area contributed by atoms with Crippen LogP contribution in [-0.4, -0.2) is 30.7 Å². The van der Waals surface area contributed by atoms with E-state index in [0.717, 1.165) is 22.0 Å². The predicted octanol–water partition coefficient (Wildman–Crippen LogP) is 3.54. The minimum atomic E-state index is -0.527. The van der Waals surface area contributed by atoms with Gasteiger partial charge in [-0.05, 0) is 36.8 Å². The standard InChI is InChI=1S/C17H20O3S/c1-13-6-5-7-15(10-13)20-11-14(18)12-21-17-9-4-3-8-16(17)19-2/h3-10,14,18H,11-12H2,1-2H3. The van der Waals surface area contributed by atoms with Gasteiger partial charge in [0, 0.05) is 10.6 Å². The Labute approximate surface area is 129 Å². The van der Waals surface area contributed by atoms with Gasteiger partial charge >= 0.3 is 0 Å². The van der Waals surface area contributed by atoms with Crippen molar-refractivity contribution in [2.45, 2.75) is 17.9 Å². The highest BCUT2D eigenvalue weighted by Gasteiger charge is 2.09. The molecular formula is C17H20O3S. The number of aryl methyl sites for hydroxylation is 1. The smallest absolute Gasteiger partial charge is 0.132 e. The van der Waals surface area contributed by atoms with Crippen molar-refractivity contribution in [3.63, 3.8) is 0 Å². The van der Waals surface area contributed by atoms with Crippen LogP contribution in [0.3, 0.4) is 0 Å². The molecule has 0 heterocycles. The van der Waals surface area contributed by atoms with E-state index >= 15 is 0 Å². The Kier molecular flexibility index (Phi) is 5.96. The lowest BCUT2D eigenvalue weighted by Gasteiger charge is -2.13. The molecule has 0 saturated heterocycles. The highest BCUT2D eigenvalue weighted by molar-refractivity contribution is 7.99. The molecule has 0 saturated carbocycles. The first-order valence-electron chi connectivity index (χ1n) is 6.82. The molecule has 0 aliphatic rings. The maximum absolute atomic E-state index is 10.0. The fourth-order valence-electron chi connectivity index (χ4n) is 1.87. The van der Waals surface area contributed by atoms with Crippen molar-refractivity contribution in [1.82, 2.24) is 0 Å². The molecule has 1 atom stereocenters. The number of hydrogen-bond acceptors (Lipinski definition) is 4. The predicted molar refractivity (Wildman–Crippen MR) is 86.4 cm³/mol. The van der Waals surface area contributed by atoms with Gasteiger partial charge in [-0.2, -0.15) is 0 Å². The van der Waals surface area contributed by atoms with Crippen molar-refractivity contribution < 1.29 is 14.6 Å². The van der Waals surface area contributed by atoms with Crippen LogP contribution >= 0.6 is 11.8 Å². The Hall–Kier alpha value is -1.65. The first-order valence-corrected chi connectivity index (χ1v) is 7.81. The molecule has 0 fully saturated rings. The van der Waals surface area contributed by atoms with Gasteiger partial charge in [-0.1, -0.05) is 24.3 Å². The summed E-state index contributed by atoms with van der Waals surface area (Å²) in [5, 5.41) is 10.0. The second-order valence-corrected chi connectivity index (χ2v) is 5.81. The van der Waals surface area contributed by atoms with Crippen LogP contribution in [0.15, 0.2) is 53.4 Å². The summed E-state index contributed by atoms with van der Waals surface area (Å²) in [6, 6.07) is 15.6. The highest BCUT2D eigenvalue weighted by atomic mass is 32.2. The average Bonchev–Trinajstić information content (AvgIpc) is 2.51. The first-order chi connectivity index (χ1) is 10.2. The lowest BCUT2D eigenvalue weighted by Crippen LogP contribution is -2.20. The van der Waals surface area contributed by atoms with Crippen LogP contribution in [0.5, 0.6) is 11.5 Å². The summed E-state index contributed by atoms with van der Waals surface area (Å²) in [6.45, 7) is 2.30. The highest BCUT2D eigenvalue weighted by Crippen LogP contribution is 2.29. The van der Waals surface area contributed by atoms with Gasteiger partial charge in [0.1, 0.15) is 18.1 Å². The van der Waals surface area contributed by atoms with Gasteiger partial charge in [-0.3, -0.25) is 0 Å². The fourth-order valence-corrected chi connectivity index (χ4v) is 2.81. The number of aliphatic hydroxyl groups excluding tert-OH is 1. The molecule has 0 amide bonds. The Bertz CT molecular complexity index is 571. The van der Waals surface area contributed by atoms with Crippen molar-refractivity contribution in [1.29, 1.82) is 0 Å². The van der Waals surface area contributed by atoms with Crippen molar-refractivity contribution in [2.24, 2.45) is 0 Å². The zero-order valence-corrected chi connectivity index (χ0v) is 13.1. The molecule has 0 aliphatic heterocycles. The van der Waals surface area contributed by atoms with Crippen molar-refractivity contribution in [3.8, 4) is 11.5 Å². The third-order valence-corrected chi connectivity index (χ3v) is 4.13. The minimum absolute atomic E-state index is 0.283. The number of benzene rings is 2. The lowest BCUT2D eigenvalue weighted by molar-refractivity contribution is 0.126. The molecule has 1 N–H and O–H groups in total. The molecular weight excluding hydrogens is 284 g/mol. The number of methoxy groups -OCH3 is 1. The summed E-state index contributed by atoms with van der Waals surface area (Å²) in [5.41, 5.74) is 1.14. The molecule has 21 heavy (non-hydrogen) atoms. The van der Waals surface area contributed by atoms with Gasteiger partial charge in [0.25, 0.3) is 0 Å². The van der Waals surface area contributed by atoms with Gasteiger partial charge in [0.05, 0.1) is 13.2 Å². The largest absolute Gasteiger partial charge is 0.496 e. The Morgan fingerprint density at radius 1 is 1.14 bits per heavy atom. The summed E-state index contributed by atoms with van der Waals surface area (Å²) in [5.74, 6) is 2.18. The summed E-state index contributed by atoms with van der Waals surface area (Å²) in [7, 11) is 1.65. The van der Waals surface area contributed by atoms with Crippen molar-refractivity contribution in [3.05, 3.63) is 54.1 Å². The van der Waals surface area contributed by atoms with Gasteiger partial charge in [-0.15, -0.1) is 11.8 Å². The first kappa shape index (κ1) is 15.7. The van der Waals surface area contributed by atoms with Gasteiger partial charge < -0.3 is 14.6 Å². The molecule has 1 unspecified atom stereocenters. The van der Waals surface area contributed by atoms with Crippen LogP contribution < -0.4 is 9.47 Å². The second kappa shape index (κ2) is 7.96. The number of thioether (sulfide) groups is 1. The molecule has 3 nitrogen and oxygen atoms in total.